The number of nitrogens with one attached hydrogen (secondary N) is 1. The second kappa shape index (κ2) is 9.74. The average molecular weight is 452 g/mol. The molecule has 0 radical (unpaired) electrons. The molecule has 3 aromatic rings. The van der Waals surface area contributed by atoms with Gasteiger partial charge in [-0.1, -0.05) is 35.9 Å². The van der Waals surface area contributed by atoms with Crippen LogP contribution in [0, 0.1) is 6.92 Å². The molecule has 5 nitrogen and oxygen atoms in total. The number of aromatic carboxylic acids is 1. The number of hydrogen-bond acceptors (Lipinski definition) is 4. The second-order valence-electron chi connectivity index (χ2n) is 8.23. The topological polar surface area (TPSA) is 78.8 Å². The standard InChI is InChI=1S/C26H26ClNO4/c1-16-5-9-23(14-24(16)26(30)31)32-22-10-7-17-6-8-21(12-19(17)13-22)28-15-25(29)18-3-2-4-20(27)11-18/h2-5,7,9-11,13-14,21,25,28-29H,6,8,12,15H2,1H3,(H,30,31)/t21-,25+/m0/s1. The molecule has 1 aliphatic carbocycles. The van der Waals surface area contributed by atoms with Crippen LogP contribution in [0.25, 0.3) is 0 Å². The van der Waals surface area contributed by atoms with E-state index in [4.69, 9.17) is 16.3 Å². The Balaban J connectivity index is 1.41. The molecule has 166 valence electrons. The quantitative estimate of drug-likeness (QED) is 0.453. The normalized spacial score (nSPS) is 16.3. The van der Waals surface area contributed by atoms with Crippen molar-refractivity contribution < 1.29 is 19.7 Å². The van der Waals surface area contributed by atoms with Crippen molar-refractivity contribution >= 4 is 17.6 Å². The number of carboxylic acid groups (broad SMARTS) is 1. The Hall–Kier alpha value is -2.86. The number of aliphatic hydroxyl groups is 1. The number of aliphatic hydroxyl groups excluding tert-OH is 1. The maximum Gasteiger partial charge on any atom is 0.336 e. The number of ether oxygens (including phenoxy) is 1. The lowest BCUT2D eigenvalue weighted by Gasteiger charge is -2.27. The smallest absolute Gasteiger partial charge is 0.336 e. The molecule has 0 heterocycles. The second-order valence-corrected chi connectivity index (χ2v) is 8.67. The highest BCUT2D eigenvalue weighted by atomic mass is 35.5. The summed E-state index contributed by atoms with van der Waals surface area (Å²) in [6.07, 6.45) is 2.17. The van der Waals surface area contributed by atoms with Crippen molar-refractivity contribution in [1.29, 1.82) is 0 Å². The van der Waals surface area contributed by atoms with E-state index < -0.39 is 12.1 Å². The van der Waals surface area contributed by atoms with E-state index in [9.17, 15) is 15.0 Å². The summed E-state index contributed by atoms with van der Waals surface area (Å²) in [5.74, 6) is 0.221. The average Bonchev–Trinajstić information content (AvgIpc) is 2.78. The summed E-state index contributed by atoms with van der Waals surface area (Å²) in [7, 11) is 0. The lowest BCUT2D eigenvalue weighted by molar-refractivity contribution is 0.0695. The molecular formula is C26H26ClNO4. The molecule has 0 unspecified atom stereocenters. The van der Waals surface area contributed by atoms with Crippen LogP contribution in [-0.4, -0.2) is 28.8 Å². The molecule has 0 saturated carbocycles. The zero-order valence-electron chi connectivity index (χ0n) is 17.8. The lowest BCUT2D eigenvalue weighted by Crippen LogP contribution is -2.37. The molecule has 0 aromatic heterocycles. The van der Waals surface area contributed by atoms with Crippen LogP contribution in [0.1, 0.15) is 45.1 Å². The molecule has 0 aliphatic heterocycles. The van der Waals surface area contributed by atoms with Crippen molar-refractivity contribution in [2.45, 2.75) is 38.3 Å². The third-order valence-corrected chi connectivity index (χ3v) is 6.15. The van der Waals surface area contributed by atoms with Crippen molar-refractivity contribution in [1.82, 2.24) is 5.32 Å². The maximum atomic E-state index is 11.4. The number of benzene rings is 3. The predicted octanol–water partition coefficient (Wildman–Crippen LogP) is 5.32. The van der Waals surface area contributed by atoms with E-state index in [1.807, 2.05) is 24.3 Å². The van der Waals surface area contributed by atoms with Gasteiger partial charge in [0.15, 0.2) is 0 Å². The number of rotatable bonds is 7. The van der Waals surface area contributed by atoms with Crippen LogP contribution in [0.15, 0.2) is 60.7 Å². The number of carbonyl (C=O) groups is 1. The van der Waals surface area contributed by atoms with Crippen molar-refractivity contribution in [3.05, 3.63) is 93.5 Å². The summed E-state index contributed by atoms with van der Waals surface area (Å²) in [6, 6.07) is 18.7. The Morgan fingerprint density at radius 1 is 1.12 bits per heavy atom. The maximum absolute atomic E-state index is 11.4. The van der Waals surface area contributed by atoms with Gasteiger partial charge in [0.2, 0.25) is 0 Å². The molecule has 2 atom stereocenters. The number of halogens is 1. The summed E-state index contributed by atoms with van der Waals surface area (Å²) in [6.45, 7) is 2.22. The van der Waals surface area contributed by atoms with Gasteiger partial charge in [0.05, 0.1) is 11.7 Å². The van der Waals surface area contributed by atoms with E-state index >= 15 is 0 Å². The van der Waals surface area contributed by atoms with Gasteiger partial charge in [0, 0.05) is 17.6 Å². The van der Waals surface area contributed by atoms with Gasteiger partial charge >= 0.3 is 5.97 Å². The first-order valence-corrected chi connectivity index (χ1v) is 11.1. The molecule has 1 aliphatic rings. The van der Waals surface area contributed by atoms with Crippen LogP contribution in [0.5, 0.6) is 11.5 Å². The first-order chi connectivity index (χ1) is 15.4. The van der Waals surface area contributed by atoms with Gasteiger partial charge in [-0.05, 0) is 84.8 Å². The minimum absolute atomic E-state index is 0.239. The minimum Gasteiger partial charge on any atom is -0.478 e. The zero-order chi connectivity index (χ0) is 22.7. The van der Waals surface area contributed by atoms with Gasteiger partial charge in [-0.3, -0.25) is 0 Å². The number of aryl methyl sites for hydroxylation is 2. The minimum atomic E-state index is -0.965. The predicted molar refractivity (Wildman–Crippen MR) is 125 cm³/mol. The molecule has 32 heavy (non-hydrogen) atoms. The Morgan fingerprint density at radius 2 is 1.91 bits per heavy atom. The zero-order valence-corrected chi connectivity index (χ0v) is 18.6. The summed E-state index contributed by atoms with van der Waals surface area (Å²) in [4.78, 5) is 11.4. The van der Waals surface area contributed by atoms with Crippen molar-refractivity contribution in [2.75, 3.05) is 6.54 Å². The summed E-state index contributed by atoms with van der Waals surface area (Å²) in [5, 5.41) is 23.9. The Bertz CT molecular complexity index is 1130. The largest absolute Gasteiger partial charge is 0.478 e. The Morgan fingerprint density at radius 3 is 2.69 bits per heavy atom. The molecule has 0 fully saturated rings. The fraction of sp³-hybridized carbons (Fsp3) is 0.269. The fourth-order valence-corrected chi connectivity index (χ4v) is 4.31. The van der Waals surface area contributed by atoms with Crippen LogP contribution in [-0.2, 0) is 12.8 Å². The Kier molecular flexibility index (Phi) is 6.80. The first kappa shape index (κ1) is 22.3. The van der Waals surface area contributed by atoms with Crippen LogP contribution in [0.4, 0.5) is 0 Å². The van der Waals surface area contributed by atoms with E-state index in [0.29, 0.717) is 28.6 Å². The molecule has 0 saturated heterocycles. The molecule has 3 aromatic carbocycles. The van der Waals surface area contributed by atoms with Crippen LogP contribution < -0.4 is 10.1 Å². The SMILES string of the molecule is Cc1ccc(Oc2ccc3c(c2)C[C@@H](NC[C@@H](O)c2cccc(Cl)c2)CC3)cc1C(=O)O. The molecule has 4 rings (SSSR count). The molecular weight excluding hydrogens is 426 g/mol. The van der Waals surface area contributed by atoms with Gasteiger partial charge in [-0.15, -0.1) is 0 Å². The molecule has 0 bridgehead atoms. The van der Waals surface area contributed by atoms with Gasteiger partial charge in [0.1, 0.15) is 11.5 Å². The first-order valence-electron chi connectivity index (χ1n) is 10.7. The van der Waals surface area contributed by atoms with E-state index in [-0.39, 0.29) is 11.6 Å². The van der Waals surface area contributed by atoms with Gasteiger partial charge in [-0.2, -0.15) is 0 Å². The third-order valence-electron chi connectivity index (χ3n) is 5.91. The summed E-state index contributed by atoms with van der Waals surface area (Å²) < 4.78 is 5.96. The number of fused-ring (bicyclic) bond motifs is 1. The molecule has 0 spiro atoms. The highest BCUT2D eigenvalue weighted by Crippen LogP contribution is 2.30. The fourth-order valence-electron chi connectivity index (χ4n) is 4.11. The van der Waals surface area contributed by atoms with E-state index in [1.54, 1.807) is 37.3 Å². The number of carboxylic acids is 1. The van der Waals surface area contributed by atoms with E-state index in [0.717, 1.165) is 24.8 Å². The molecule has 3 N–H and O–H groups in total. The third kappa shape index (κ3) is 5.30. The van der Waals surface area contributed by atoms with E-state index in [2.05, 4.69) is 11.4 Å². The van der Waals surface area contributed by atoms with Crippen LogP contribution in [0.3, 0.4) is 0 Å². The van der Waals surface area contributed by atoms with Gasteiger partial charge < -0.3 is 20.3 Å². The van der Waals surface area contributed by atoms with Crippen LogP contribution >= 0.6 is 11.6 Å². The number of hydrogen-bond donors (Lipinski definition) is 3. The Labute approximate surface area is 192 Å². The van der Waals surface area contributed by atoms with Crippen molar-refractivity contribution in [3.63, 3.8) is 0 Å². The summed E-state index contributed by atoms with van der Waals surface area (Å²) in [5.41, 5.74) is 4.23. The summed E-state index contributed by atoms with van der Waals surface area (Å²) >= 11 is 6.03. The van der Waals surface area contributed by atoms with E-state index in [1.165, 1.54) is 11.1 Å². The van der Waals surface area contributed by atoms with Crippen LogP contribution in [0.2, 0.25) is 5.02 Å². The highest BCUT2D eigenvalue weighted by Gasteiger charge is 2.20. The van der Waals surface area contributed by atoms with Crippen molar-refractivity contribution in [3.8, 4) is 11.5 Å². The highest BCUT2D eigenvalue weighted by molar-refractivity contribution is 6.30. The van der Waals surface area contributed by atoms with Gasteiger partial charge in [-0.25, -0.2) is 4.79 Å². The monoisotopic (exact) mass is 451 g/mol. The van der Waals surface area contributed by atoms with Crippen molar-refractivity contribution in [2.24, 2.45) is 0 Å². The van der Waals surface area contributed by atoms with Gasteiger partial charge in [0.25, 0.3) is 0 Å². The molecule has 0 amide bonds. The molecule has 6 heteroatoms. The lowest BCUT2D eigenvalue weighted by atomic mass is 9.88.